The number of benzene rings is 2. The van der Waals surface area contributed by atoms with Gasteiger partial charge >= 0.3 is 5.97 Å². The van der Waals surface area contributed by atoms with Crippen LogP contribution in [0.3, 0.4) is 0 Å². The van der Waals surface area contributed by atoms with Crippen molar-refractivity contribution in [1.82, 2.24) is 4.90 Å². The van der Waals surface area contributed by atoms with Crippen LogP contribution in [0.5, 0.6) is 0 Å². The van der Waals surface area contributed by atoms with Crippen molar-refractivity contribution < 1.29 is 14.3 Å². The molecule has 0 aliphatic carbocycles. The first-order valence-electron chi connectivity index (χ1n) is 8.43. The number of halogens is 1. The maximum absolute atomic E-state index is 13.8. The van der Waals surface area contributed by atoms with E-state index in [9.17, 15) is 14.3 Å². The van der Waals surface area contributed by atoms with Crippen molar-refractivity contribution in [2.24, 2.45) is 0 Å². The van der Waals surface area contributed by atoms with Crippen LogP contribution in [0.2, 0.25) is 0 Å². The minimum absolute atomic E-state index is 0.241. The van der Waals surface area contributed by atoms with Gasteiger partial charge in [0.15, 0.2) is 0 Å². The zero-order valence-corrected chi connectivity index (χ0v) is 13.8. The van der Waals surface area contributed by atoms with Crippen LogP contribution in [-0.2, 0) is 11.2 Å². The van der Waals surface area contributed by atoms with Gasteiger partial charge in [-0.05, 0) is 48.1 Å². The maximum atomic E-state index is 13.8. The maximum Gasteiger partial charge on any atom is 0.320 e. The molecule has 0 radical (unpaired) electrons. The van der Waals surface area contributed by atoms with E-state index < -0.39 is 12.0 Å². The van der Waals surface area contributed by atoms with Crippen LogP contribution in [0.1, 0.15) is 42.5 Å². The summed E-state index contributed by atoms with van der Waals surface area (Å²) in [5, 5.41) is 9.55. The van der Waals surface area contributed by atoms with Gasteiger partial charge in [-0.15, -0.1) is 0 Å². The molecule has 3 rings (SSSR count). The van der Waals surface area contributed by atoms with Gasteiger partial charge in [0.05, 0.1) is 6.04 Å². The highest BCUT2D eigenvalue weighted by molar-refractivity contribution is 5.74. The zero-order valence-electron chi connectivity index (χ0n) is 13.8. The fourth-order valence-electron chi connectivity index (χ4n) is 3.55. The van der Waals surface area contributed by atoms with Crippen molar-refractivity contribution >= 4 is 5.97 Å². The molecule has 1 N–H and O–H groups in total. The number of hydrogen-bond donors (Lipinski definition) is 1. The lowest BCUT2D eigenvalue weighted by Crippen LogP contribution is -2.39. The zero-order chi connectivity index (χ0) is 17.1. The van der Waals surface area contributed by atoms with E-state index in [1.165, 1.54) is 17.7 Å². The van der Waals surface area contributed by atoms with Crippen LogP contribution in [-0.4, -0.2) is 28.6 Å². The molecule has 1 heterocycles. The molecule has 0 bridgehead atoms. The van der Waals surface area contributed by atoms with Crippen LogP contribution >= 0.6 is 0 Å². The van der Waals surface area contributed by atoms with Crippen molar-refractivity contribution in [3.05, 3.63) is 71.0 Å². The molecule has 2 unspecified atom stereocenters. The lowest BCUT2D eigenvalue weighted by Gasteiger charge is -2.32. The molecule has 1 fully saturated rings. The fraction of sp³-hybridized carbons (Fsp3) is 0.350. The van der Waals surface area contributed by atoms with Gasteiger partial charge in [0.2, 0.25) is 0 Å². The van der Waals surface area contributed by atoms with Crippen LogP contribution in [0.25, 0.3) is 0 Å². The molecule has 126 valence electrons. The summed E-state index contributed by atoms with van der Waals surface area (Å²) < 4.78 is 13.8. The van der Waals surface area contributed by atoms with Crippen molar-refractivity contribution in [2.45, 2.75) is 38.3 Å². The Morgan fingerprint density at radius 2 is 2.00 bits per heavy atom. The van der Waals surface area contributed by atoms with Gasteiger partial charge in [-0.1, -0.05) is 43.3 Å². The van der Waals surface area contributed by atoms with E-state index in [1.54, 1.807) is 6.07 Å². The first-order valence-corrected chi connectivity index (χ1v) is 8.43. The second-order valence-corrected chi connectivity index (χ2v) is 6.29. The minimum Gasteiger partial charge on any atom is -0.480 e. The highest BCUT2D eigenvalue weighted by Crippen LogP contribution is 2.35. The summed E-state index contributed by atoms with van der Waals surface area (Å²) in [6.45, 7) is 2.80. The Balaban J connectivity index is 2.04. The number of carbonyl (C=O) groups is 1. The molecule has 1 aliphatic heterocycles. The summed E-state index contributed by atoms with van der Waals surface area (Å²) in [6, 6.07) is 13.9. The van der Waals surface area contributed by atoms with Gasteiger partial charge < -0.3 is 5.11 Å². The Kier molecular flexibility index (Phi) is 4.95. The average Bonchev–Trinajstić information content (AvgIpc) is 3.05. The van der Waals surface area contributed by atoms with Crippen molar-refractivity contribution in [3.8, 4) is 0 Å². The molecular formula is C20H22FNO2. The lowest BCUT2D eigenvalue weighted by molar-refractivity contribution is -0.142. The second kappa shape index (κ2) is 7.14. The SMILES string of the molecule is CCc1ccc(C(c2cccc(F)c2)N2CCCC2C(=O)O)cc1. The number of aryl methyl sites for hydroxylation is 1. The second-order valence-electron chi connectivity index (χ2n) is 6.29. The molecule has 0 aromatic heterocycles. The monoisotopic (exact) mass is 327 g/mol. The molecule has 2 aromatic carbocycles. The molecule has 1 aliphatic rings. The van der Waals surface area contributed by atoms with Crippen molar-refractivity contribution in [3.63, 3.8) is 0 Å². The summed E-state index contributed by atoms with van der Waals surface area (Å²) in [7, 11) is 0. The Morgan fingerprint density at radius 1 is 1.25 bits per heavy atom. The highest BCUT2D eigenvalue weighted by atomic mass is 19.1. The number of carboxylic acids is 1. The first-order chi connectivity index (χ1) is 11.6. The van der Waals surface area contributed by atoms with Crippen LogP contribution in [0.15, 0.2) is 48.5 Å². The Hall–Kier alpha value is -2.20. The standard InChI is InChI=1S/C20H22FNO2/c1-2-14-8-10-15(11-9-14)19(16-5-3-6-17(21)13-16)22-12-4-7-18(22)20(23)24/h3,5-6,8-11,13,18-19H,2,4,7,12H2,1H3,(H,23,24). The smallest absolute Gasteiger partial charge is 0.320 e. The number of likely N-dealkylation sites (tertiary alicyclic amines) is 1. The molecule has 0 amide bonds. The van der Waals surface area contributed by atoms with E-state index in [-0.39, 0.29) is 11.9 Å². The number of rotatable bonds is 5. The van der Waals surface area contributed by atoms with E-state index >= 15 is 0 Å². The molecule has 2 atom stereocenters. The third kappa shape index (κ3) is 3.34. The average molecular weight is 327 g/mol. The lowest BCUT2D eigenvalue weighted by atomic mass is 9.95. The van der Waals surface area contributed by atoms with Crippen LogP contribution < -0.4 is 0 Å². The van der Waals surface area contributed by atoms with Gasteiger partial charge in [-0.3, -0.25) is 9.69 Å². The number of hydrogen-bond acceptors (Lipinski definition) is 2. The first kappa shape index (κ1) is 16.7. The van der Waals surface area contributed by atoms with Crippen LogP contribution in [0.4, 0.5) is 4.39 Å². The molecule has 2 aromatic rings. The summed E-state index contributed by atoms with van der Waals surface area (Å²) in [6.07, 6.45) is 2.43. The largest absolute Gasteiger partial charge is 0.480 e. The van der Waals surface area contributed by atoms with E-state index in [0.717, 1.165) is 24.0 Å². The molecule has 0 saturated carbocycles. The summed E-state index contributed by atoms with van der Waals surface area (Å²) in [4.78, 5) is 13.6. The molecule has 24 heavy (non-hydrogen) atoms. The molecule has 3 nitrogen and oxygen atoms in total. The van der Waals surface area contributed by atoms with Gasteiger partial charge in [0.1, 0.15) is 11.9 Å². The van der Waals surface area contributed by atoms with Crippen LogP contribution in [0, 0.1) is 5.82 Å². The molecule has 1 saturated heterocycles. The summed E-state index contributed by atoms with van der Waals surface area (Å²) >= 11 is 0. The van der Waals surface area contributed by atoms with Gasteiger partial charge in [0.25, 0.3) is 0 Å². The Bertz CT molecular complexity index is 714. The van der Waals surface area contributed by atoms with Gasteiger partial charge in [-0.25, -0.2) is 4.39 Å². The summed E-state index contributed by atoms with van der Waals surface area (Å²) in [5.41, 5.74) is 3.03. The topological polar surface area (TPSA) is 40.5 Å². The Morgan fingerprint density at radius 3 is 2.62 bits per heavy atom. The molecular weight excluding hydrogens is 305 g/mol. The van der Waals surface area contributed by atoms with Gasteiger partial charge in [-0.2, -0.15) is 0 Å². The molecule has 0 spiro atoms. The van der Waals surface area contributed by atoms with Crippen molar-refractivity contribution in [1.29, 1.82) is 0 Å². The summed E-state index contributed by atoms with van der Waals surface area (Å²) in [5.74, 6) is -1.10. The third-order valence-corrected chi connectivity index (χ3v) is 4.78. The highest BCUT2D eigenvalue weighted by Gasteiger charge is 2.36. The van der Waals surface area contributed by atoms with Crippen molar-refractivity contribution in [2.75, 3.05) is 6.54 Å². The predicted molar refractivity (Wildman–Crippen MR) is 91.4 cm³/mol. The number of carboxylic acid groups (broad SMARTS) is 1. The minimum atomic E-state index is -0.806. The molecule has 4 heteroatoms. The van der Waals surface area contributed by atoms with E-state index in [0.29, 0.717) is 13.0 Å². The fourth-order valence-corrected chi connectivity index (χ4v) is 3.55. The quantitative estimate of drug-likeness (QED) is 0.901. The predicted octanol–water partition coefficient (Wildman–Crippen LogP) is 4.03. The number of aliphatic carboxylic acids is 1. The normalized spacial score (nSPS) is 19.3. The Labute approximate surface area is 141 Å². The van der Waals surface area contributed by atoms with E-state index in [2.05, 4.69) is 19.1 Å². The van der Waals surface area contributed by atoms with Gasteiger partial charge in [0, 0.05) is 6.54 Å². The number of nitrogens with zero attached hydrogens (tertiary/aromatic N) is 1. The van der Waals surface area contributed by atoms with E-state index in [1.807, 2.05) is 23.1 Å². The third-order valence-electron chi connectivity index (χ3n) is 4.78. The van der Waals surface area contributed by atoms with E-state index in [4.69, 9.17) is 0 Å².